The molecule has 3 rings (SSSR count). The molecule has 0 aromatic heterocycles. The number of morpholine rings is 1. The van der Waals surface area contributed by atoms with Crippen LogP contribution in [0.3, 0.4) is 0 Å². The molecule has 2 aromatic carbocycles. The second-order valence-electron chi connectivity index (χ2n) is 6.20. The lowest BCUT2D eigenvalue weighted by molar-refractivity contribution is -0.137. The maximum absolute atomic E-state index is 12.2. The maximum Gasteiger partial charge on any atom is 0.337 e. The zero-order valence-corrected chi connectivity index (χ0v) is 17.6. The number of amides is 1. The van der Waals surface area contributed by atoms with E-state index in [1.165, 1.54) is 12.1 Å². The summed E-state index contributed by atoms with van der Waals surface area (Å²) >= 11 is 9.30. The van der Waals surface area contributed by atoms with Crippen molar-refractivity contribution in [2.24, 2.45) is 4.99 Å². The van der Waals surface area contributed by atoms with Crippen LogP contribution in [0.5, 0.6) is 5.75 Å². The van der Waals surface area contributed by atoms with E-state index in [2.05, 4.69) is 20.9 Å². The fraction of sp³-hybridized carbons (Fsp3) is 0.250. The SMILES string of the molecule is O=C(O)c1cc(N=Cc2ccc(OCC(=O)N3CCOCC3)c(Br)c2)ccc1Cl. The molecule has 1 aliphatic rings. The zero-order chi connectivity index (χ0) is 20.8. The highest BCUT2D eigenvalue weighted by Gasteiger charge is 2.17. The minimum atomic E-state index is -1.11. The first-order chi connectivity index (χ1) is 13.9. The first-order valence-corrected chi connectivity index (χ1v) is 9.96. The van der Waals surface area contributed by atoms with Crippen molar-refractivity contribution in [1.82, 2.24) is 4.90 Å². The molecule has 0 bridgehead atoms. The number of aromatic carboxylic acids is 1. The predicted octanol–water partition coefficient (Wildman–Crippen LogP) is 3.79. The summed E-state index contributed by atoms with van der Waals surface area (Å²) in [5.74, 6) is -0.644. The number of hydrogen-bond donors (Lipinski definition) is 1. The summed E-state index contributed by atoms with van der Waals surface area (Å²) in [6, 6.07) is 9.86. The number of carbonyl (C=O) groups excluding carboxylic acids is 1. The molecule has 0 saturated carbocycles. The zero-order valence-electron chi connectivity index (χ0n) is 15.3. The number of aliphatic imine (C=N–C) groups is 1. The highest BCUT2D eigenvalue weighted by Crippen LogP contribution is 2.26. The molecule has 1 amide bonds. The number of carbonyl (C=O) groups is 2. The number of carboxylic acid groups (broad SMARTS) is 1. The number of halogens is 2. The van der Waals surface area contributed by atoms with Gasteiger partial charge in [-0.2, -0.15) is 0 Å². The van der Waals surface area contributed by atoms with Crippen LogP contribution in [0.2, 0.25) is 5.02 Å². The van der Waals surface area contributed by atoms with Crippen LogP contribution in [0.1, 0.15) is 15.9 Å². The first-order valence-electron chi connectivity index (χ1n) is 8.79. The van der Waals surface area contributed by atoms with Crippen molar-refractivity contribution in [2.75, 3.05) is 32.9 Å². The molecule has 29 heavy (non-hydrogen) atoms. The average molecular weight is 482 g/mol. The highest BCUT2D eigenvalue weighted by molar-refractivity contribution is 9.10. The number of benzene rings is 2. The summed E-state index contributed by atoms with van der Waals surface area (Å²) in [5.41, 5.74) is 1.24. The molecule has 1 N–H and O–H groups in total. The van der Waals surface area contributed by atoms with Gasteiger partial charge in [0.1, 0.15) is 5.75 Å². The second kappa shape index (κ2) is 9.87. The van der Waals surface area contributed by atoms with Crippen molar-refractivity contribution in [2.45, 2.75) is 0 Å². The van der Waals surface area contributed by atoms with Crippen molar-refractivity contribution in [1.29, 1.82) is 0 Å². The van der Waals surface area contributed by atoms with Gasteiger partial charge in [0.05, 0.1) is 34.0 Å². The van der Waals surface area contributed by atoms with Gasteiger partial charge in [0.25, 0.3) is 5.91 Å². The van der Waals surface area contributed by atoms with E-state index in [1.807, 2.05) is 0 Å². The van der Waals surface area contributed by atoms with E-state index in [1.54, 1.807) is 35.4 Å². The minimum Gasteiger partial charge on any atom is -0.483 e. The third-order valence-electron chi connectivity index (χ3n) is 4.21. The van der Waals surface area contributed by atoms with E-state index in [9.17, 15) is 9.59 Å². The van der Waals surface area contributed by atoms with Crippen LogP contribution < -0.4 is 4.74 Å². The quantitative estimate of drug-likeness (QED) is 0.634. The van der Waals surface area contributed by atoms with Gasteiger partial charge in [0.15, 0.2) is 6.61 Å². The van der Waals surface area contributed by atoms with Crippen molar-refractivity contribution in [3.63, 3.8) is 0 Å². The number of nitrogens with zero attached hydrogens (tertiary/aromatic N) is 2. The average Bonchev–Trinajstić information content (AvgIpc) is 2.72. The van der Waals surface area contributed by atoms with Crippen LogP contribution in [-0.4, -0.2) is 61.0 Å². The molecule has 1 fully saturated rings. The van der Waals surface area contributed by atoms with Gasteiger partial charge in [0.2, 0.25) is 0 Å². The summed E-state index contributed by atoms with van der Waals surface area (Å²) < 4.78 is 11.5. The Bertz CT molecular complexity index is 944. The molecule has 9 heteroatoms. The van der Waals surface area contributed by atoms with Gasteiger partial charge in [-0.1, -0.05) is 11.6 Å². The van der Waals surface area contributed by atoms with E-state index in [-0.39, 0.29) is 23.1 Å². The van der Waals surface area contributed by atoms with Crippen molar-refractivity contribution >= 4 is 51.3 Å². The topological polar surface area (TPSA) is 88.4 Å². The van der Waals surface area contributed by atoms with E-state index in [0.717, 1.165) is 5.56 Å². The summed E-state index contributed by atoms with van der Waals surface area (Å²) in [6.07, 6.45) is 1.60. The number of carboxylic acids is 1. The Hall–Kier alpha value is -2.42. The van der Waals surface area contributed by atoms with Gasteiger partial charge >= 0.3 is 5.97 Å². The van der Waals surface area contributed by atoms with Crippen molar-refractivity contribution in [3.05, 3.63) is 57.0 Å². The molecule has 0 spiro atoms. The van der Waals surface area contributed by atoms with Gasteiger partial charge in [0, 0.05) is 19.3 Å². The molecule has 1 heterocycles. The van der Waals surface area contributed by atoms with E-state index in [0.29, 0.717) is 42.2 Å². The lowest BCUT2D eigenvalue weighted by atomic mass is 10.2. The Morgan fingerprint density at radius 2 is 2.00 bits per heavy atom. The number of hydrogen-bond acceptors (Lipinski definition) is 5. The Kier molecular flexibility index (Phi) is 7.24. The number of ether oxygens (including phenoxy) is 2. The summed E-state index contributed by atoms with van der Waals surface area (Å²) in [5, 5.41) is 9.28. The van der Waals surface area contributed by atoms with Gasteiger partial charge in [-0.25, -0.2) is 4.79 Å². The normalized spacial score (nSPS) is 14.2. The van der Waals surface area contributed by atoms with Gasteiger partial charge in [-0.05, 0) is 57.9 Å². The molecule has 0 unspecified atom stereocenters. The van der Waals surface area contributed by atoms with Crippen LogP contribution in [0.25, 0.3) is 0 Å². The second-order valence-corrected chi connectivity index (χ2v) is 7.46. The van der Waals surface area contributed by atoms with Gasteiger partial charge in [-0.3, -0.25) is 9.79 Å². The fourth-order valence-corrected chi connectivity index (χ4v) is 3.37. The van der Waals surface area contributed by atoms with Crippen LogP contribution in [0, 0.1) is 0 Å². The van der Waals surface area contributed by atoms with E-state index in [4.69, 9.17) is 26.2 Å². The van der Waals surface area contributed by atoms with Crippen LogP contribution in [0.15, 0.2) is 45.9 Å². The monoisotopic (exact) mass is 480 g/mol. The Balaban J connectivity index is 1.63. The fourth-order valence-electron chi connectivity index (χ4n) is 2.66. The lowest BCUT2D eigenvalue weighted by Crippen LogP contribution is -2.43. The third-order valence-corrected chi connectivity index (χ3v) is 5.16. The van der Waals surface area contributed by atoms with Crippen LogP contribution in [-0.2, 0) is 9.53 Å². The summed E-state index contributed by atoms with van der Waals surface area (Å²) in [6.45, 7) is 2.20. The molecule has 1 saturated heterocycles. The highest BCUT2D eigenvalue weighted by atomic mass is 79.9. The number of rotatable bonds is 6. The van der Waals surface area contributed by atoms with Crippen LogP contribution >= 0.6 is 27.5 Å². The molecule has 0 radical (unpaired) electrons. The summed E-state index contributed by atoms with van der Waals surface area (Å²) in [7, 11) is 0. The standard InChI is InChI=1S/C20H18BrClN2O5/c21-16-9-13(11-23-14-2-3-17(22)15(10-14)20(26)27)1-4-18(16)29-12-19(25)24-5-7-28-8-6-24/h1-4,9-11H,5-8,12H2,(H,26,27). The van der Waals surface area contributed by atoms with Crippen molar-refractivity contribution < 1.29 is 24.2 Å². The molecule has 0 aliphatic carbocycles. The molecule has 7 nitrogen and oxygen atoms in total. The van der Waals surface area contributed by atoms with E-state index < -0.39 is 5.97 Å². The minimum absolute atomic E-state index is 0.00354. The molecule has 0 atom stereocenters. The molecule has 2 aromatic rings. The maximum atomic E-state index is 12.2. The van der Waals surface area contributed by atoms with Crippen LogP contribution in [0.4, 0.5) is 5.69 Å². The predicted molar refractivity (Wildman–Crippen MR) is 113 cm³/mol. The Morgan fingerprint density at radius 3 is 2.69 bits per heavy atom. The lowest BCUT2D eigenvalue weighted by Gasteiger charge is -2.26. The summed E-state index contributed by atoms with van der Waals surface area (Å²) in [4.78, 5) is 29.3. The molecular formula is C20H18BrClN2O5. The van der Waals surface area contributed by atoms with Gasteiger partial charge < -0.3 is 19.5 Å². The molecular weight excluding hydrogens is 464 g/mol. The largest absolute Gasteiger partial charge is 0.483 e. The van der Waals surface area contributed by atoms with Gasteiger partial charge in [-0.15, -0.1) is 0 Å². The molecule has 1 aliphatic heterocycles. The first kappa shape index (κ1) is 21.3. The van der Waals surface area contributed by atoms with E-state index >= 15 is 0 Å². The Morgan fingerprint density at radius 1 is 1.24 bits per heavy atom. The molecule has 152 valence electrons. The van der Waals surface area contributed by atoms with Crippen molar-refractivity contribution in [3.8, 4) is 5.75 Å². The third kappa shape index (κ3) is 5.79. The smallest absolute Gasteiger partial charge is 0.337 e. The Labute approximate surface area is 181 Å².